The van der Waals surface area contributed by atoms with E-state index in [1.54, 1.807) is 0 Å². The molecule has 0 aliphatic carbocycles. The zero-order valence-corrected chi connectivity index (χ0v) is 6.55. The summed E-state index contributed by atoms with van der Waals surface area (Å²) in [4.78, 5) is 13.1. The number of nitrogens with one attached hydrogen (secondary N) is 1. The second-order valence-electron chi connectivity index (χ2n) is 2.80. The van der Waals surface area contributed by atoms with Crippen molar-refractivity contribution in [3.63, 3.8) is 0 Å². The molecule has 0 radical (unpaired) electrons. The van der Waals surface area contributed by atoms with Crippen LogP contribution in [0.25, 0.3) is 0 Å². The van der Waals surface area contributed by atoms with Crippen molar-refractivity contribution in [1.29, 1.82) is 0 Å². The predicted molar refractivity (Wildman–Crippen MR) is 39.7 cm³/mol. The van der Waals surface area contributed by atoms with Gasteiger partial charge in [-0.1, -0.05) is 0 Å². The predicted octanol–water partition coefficient (Wildman–Crippen LogP) is -0.173. The van der Waals surface area contributed by atoms with E-state index in [1.165, 1.54) is 0 Å². The van der Waals surface area contributed by atoms with Crippen molar-refractivity contribution < 1.29 is 4.79 Å². The van der Waals surface area contributed by atoms with Crippen molar-refractivity contribution in [3.8, 4) is 0 Å². The van der Waals surface area contributed by atoms with Gasteiger partial charge >= 0.3 is 0 Å². The first-order chi connectivity index (χ1) is 4.72. The number of carbonyl (C=O) groups excluding carboxylic acids is 1. The Hall–Kier alpha value is -0.570. The molecule has 0 spiro atoms. The second kappa shape index (κ2) is 3.01. The molecule has 1 amide bonds. The van der Waals surface area contributed by atoms with Gasteiger partial charge in [0.25, 0.3) is 0 Å². The maximum Gasteiger partial charge on any atom is 0.237 e. The van der Waals surface area contributed by atoms with Crippen LogP contribution >= 0.6 is 0 Å². The van der Waals surface area contributed by atoms with Crippen molar-refractivity contribution in [1.82, 2.24) is 10.2 Å². The summed E-state index contributed by atoms with van der Waals surface area (Å²) < 4.78 is 0. The summed E-state index contributed by atoms with van der Waals surface area (Å²) in [5.41, 5.74) is 0. The summed E-state index contributed by atoms with van der Waals surface area (Å²) in [6.07, 6.45) is 1.06. The van der Waals surface area contributed by atoms with Crippen molar-refractivity contribution in [2.75, 3.05) is 20.1 Å². The van der Waals surface area contributed by atoms with Crippen LogP contribution in [-0.2, 0) is 4.79 Å². The fraction of sp³-hybridized carbons (Fsp3) is 0.857. The number of likely N-dealkylation sites (N-methyl/N-ethyl adjacent to an activating group) is 1. The highest BCUT2D eigenvalue weighted by Crippen LogP contribution is 2.00. The van der Waals surface area contributed by atoms with Crippen LogP contribution in [0.1, 0.15) is 13.3 Å². The third-order valence-electron chi connectivity index (χ3n) is 2.03. The topological polar surface area (TPSA) is 32.3 Å². The molecule has 1 fully saturated rings. The highest BCUT2D eigenvalue weighted by atomic mass is 16.2. The Kier molecular flexibility index (Phi) is 2.27. The SMILES string of the molecule is C[C@H]1C(=O)NCCCN1C. The molecule has 1 N–H and O–H groups in total. The zero-order chi connectivity index (χ0) is 7.56. The van der Waals surface area contributed by atoms with Gasteiger partial charge < -0.3 is 5.32 Å². The monoisotopic (exact) mass is 142 g/mol. The Labute approximate surface area is 61.4 Å². The fourth-order valence-electron chi connectivity index (χ4n) is 1.08. The minimum atomic E-state index is 0.0440. The lowest BCUT2D eigenvalue weighted by Gasteiger charge is -2.18. The van der Waals surface area contributed by atoms with Crippen LogP contribution in [0.5, 0.6) is 0 Å². The van der Waals surface area contributed by atoms with Crippen LogP contribution in [0.2, 0.25) is 0 Å². The first-order valence-corrected chi connectivity index (χ1v) is 3.70. The maximum absolute atomic E-state index is 11.1. The Morgan fingerprint density at radius 1 is 1.70 bits per heavy atom. The molecule has 3 nitrogen and oxygen atoms in total. The van der Waals surface area contributed by atoms with E-state index in [0.717, 1.165) is 19.5 Å². The van der Waals surface area contributed by atoms with E-state index in [1.807, 2.05) is 14.0 Å². The number of hydrogen-bond acceptors (Lipinski definition) is 2. The largest absolute Gasteiger partial charge is 0.355 e. The summed E-state index contributed by atoms with van der Waals surface area (Å²) >= 11 is 0. The molecular weight excluding hydrogens is 128 g/mol. The molecule has 1 atom stereocenters. The van der Waals surface area contributed by atoms with Crippen molar-refractivity contribution in [3.05, 3.63) is 0 Å². The summed E-state index contributed by atoms with van der Waals surface area (Å²) in [7, 11) is 1.98. The molecule has 0 aromatic carbocycles. The number of rotatable bonds is 0. The van der Waals surface area contributed by atoms with Crippen LogP contribution in [-0.4, -0.2) is 37.0 Å². The van der Waals surface area contributed by atoms with Crippen molar-refractivity contribution >= 4 is 5.91 Å². The third kappa shape index (κ3) is 1.48. The van der Waals surface area contributed by atoms with Gasteiger partial charge in [0.05, 0.1) is 6.04 Å². The Balaban J connectivity index is 2.55. The fourth-order valence-corrected chi connectivity index (χ4v) is 1.08. The van der Waals surface area contributed by atoms with Gasteiger partial charge in [-0.15, -0.1) is 0 Å². The van der Waals surface area contributed by atoms with E-state index < -0.39 is 0 Å². The van der Waals surface area contributed by atoms with Crippen LogP contribution in [0.4, 0.5) is 0 Å². The summed E-state index contributed by atoms with van der Waals surface area (Å²) in [5, 5.41) is 2.84. The lowest BCUT2D eigenvalue weighted by molar-refractivity contribution is -0.124. The molecule has 3 heteroatoms. The highest BCUT2D eigenvalue weighted by molar-refractivity contribution is 5.81. The van der Waals surface area contributed by atoms with Gasteiger partial charge in [0.2, 0.25) is 5.91 Å². The van der Waals surface area contributed by atoms with Crippen molar-refractivity contribution in [2.24, 2.45) is 0 Å². The zero-order valence-electron chi connectivity index (χ0n) is 6.55. The van der Waals surface area contributed by atoms with Gasteiger partial charge in [-0.2, -0.15) is 0 Å². The molecule has 0 bridgehead atoms. The minimum absolute atomic E-state index is 0.0440. The Bertz CT molecular complexity index is 136. The summed E-state index contributed by atoms with van der Waals surface area (Å²) in [5.74, 6) is 0.153. The molecule has 58 valence electrons. The molecule has 0 saturated carbocycles. The smallest absolute Gasteiger partial charge is 0.237 e. The van der Waals surface area contributed by atoms with Gasteiger partial charge in [0.1, 0.15) is 0 Å². The number of amides is 1. The van der Waals surface area contributed by atoms with E-state index in [2.05, 4.69) is 10.2 Å². The quantitative estimate of drug-likeness (QED) is 0.509. The number of carbonyl (C=O) groups is 1. The average Bonchev–Trinajstić information content (AvgIpc) is 2.04. The van der Waals surface area contributed by atoms with Crippen LogP contribution in [0.15, 0.2) is 0 Å². The molecule has 10 heavy (non-hydrogen) atoms. The van der Waals surface area contributed by atoms with Gasteiger partial charge in [0, 0.05) is 13.1 Å². The molecule has 1 aliphatic heterocycles. The average molecular weight is 142 g/mol. The molecule has 0 aromatic heterocycles. The number of nitrogens with zero attached hydrogens (tertiary/aromatic N) is 1. The van der Waals surface area contributed by atoms with Gasteiger partial charge in [-0.25, -0.2) is 0 Å². The van der Waals surface area contributed by atoms with Gasteiger partial charge in [0.15, 0.2) is 0 Å². The van der Waals surface area contributed by atoms with E-state index in [4.69, 9.17) is 0 Å². The normalized spacial score (nSPS) is 29.4. The molecule has 1 rings (SSSR count). The van der Waals surface area contributed by atoms with Crippen LogP contribution in [0.3, 0.4) is 0 Å². The van der Waals surface area contributed by atoms with Gasteiger partial charge in [-0.3, -0.25) is 9.69 Å². The molecule has 0 unspecified atom stereocenters. The molecule has 0 aromatic rings. The summed E-state index contributed by atoms with van der Waals surface area (Å²) in [6, 6.07) is 0.0440. The van der Waals surface area contributed by atoms with E-state index in [9.17, 15) is 4.79 Å². The van der Waals surface area contributed by atoms with Crippen molar-refractivity contribution in [2.45, 2.75) is 19.4 Å². The van der Waals surface area contributed by atoms with Crippen LogP contribution in [0, 0.1) is 0 Å². The minimum Gasteiger partial charge on any atom is -0.355 e. The maximum atomic E-state index is 11.1. The first kappa shape index (κ1) is 7.54. The Morgan fingerprint density at radius 3 is 3.10 bits per heavy atom. The first-order valence-electron chi connectivity index (χ1n) is 3.70. The summed E-state index contributed by atoms with van der Waals surface area (Å²) in [6.45, 7) is 3.77. The van der Waals surface area contributed by atoms with E-state index in [0.29, 0.717) is 0 Å². The Morgan fingerprint density at radius 2 is 2.40 bits per heavy atom. The molecule has 1 heterocycles. The van der Waals surface area contributed by atoms with Crippen LogP contribution < -0.4 is 5.32 Å². The van der Waals surface area contributed by atoms with E-state index in [-0.39, 0.29) is 11.9 Å². The van der Waals surface area contributed by atoms with E-state index >= 15 is 0 Å². The van der Waals surface area contributed by atoms with Gasteiger partial charge in [-0.05, 0) is 20.4 Å². The lowest BCUT2D eigenvalue weighted by atomic mass is 10.3. The highest BCUT2D eigenvalue weighted by Gasteiger charge is 2.19. The lowest BCUT2D eigenvalue weighted by Crippen LogP contribution is -2.39. The molecular formula is C7H14N2O. The molecule has 1 aliphatic rings. The second-order valence-corrected chi connectivity index (χ2v) is 2.80. The number of hydrogen-bond donors (Lipinski definition) is 1. The molecule has 1 saturated heterocycles. The standard InChI is InChI=1S/C7H14N2O/c1-6-7(10)8-4-3-5-9(6)2/h6H,3-5H2,1-2H3,(H,8,10)/t6-/m0/s1. The third-order valence-corrected chi connectivity index (χ3v) is 2.03.